The topological polar surface area (TPSA) is 45.0 Å². The molecule has 0 aromatic rings. The fourth-order valence-corrected chi connectivity index (χ4v) is 3.93. The molecule has 0 aromatic carbocycles. The molecule has 3 rings (SSSR count). The van der Waals surface area contributed by atoms with Crippen LogP contribution < -0.4 is 0 Å². The summed E-state index contributed by atoms with van der Waals surface area (Å²) in [4.78, 5) is 9.24. The Bertz CT molecular complexity index is 591. The molecular formula is C21H30N2O. The molecule has 3 aliphatic rings. The first-order chi connectivity index (χ1) is 11.7. The minimum atomic E-state index is -0.645. The van der Waals surface area contributed by atoms with E-state index in [1.807, 2.05) is 6.08 Å². The molecule has 2 fully saturated rings. The summed E-state index contributed by atoms with van der Waals surface area (Å²) in [5, 5.41) is 10.6. The maximum Gasteiger partial charge on any atom is 0.118 e. The van der Waals surface area contributed by atoms with Gasteiger partial charge in [0, 0.05) is 17.6 Å². The second-order valence-electron chi connectivity index (χ2n) is 7.62. The number of rotatable bonds is 2. The third-order valence-electron chi connectivity index (χ3n) is 5.41. The Kier molecular flexibility index (Phi) is 6.26. The molecule has 0 amide bonds. The van der Waals surface area contributed by atoms with Crippen LogP contribution >= 0.6 is 0 Å². The minimum absolute atomic E-state index is 0.386. The molecular weight excluding hydrogens is 296 g/mol. The van der Waals surface area contributed by atoms with Crippen LogP contribution in [0, 0.1) is 0 Å². The van der Waals surface area contributed by atoms with Crippen molar-refractivity contribution >= 4 is 11.7 Å². The Balaban J connectivity index is 1.77. The number of hydrogen-bond donors (Lipinski definition) is 1. The van der Waals surface area contributed by atoms with Gasteiger partial charge in [0.25, 0.3) is 0 Å². The van der Waals surface area contributed by atoms with E-state index in [4.69, 9.17) is 0 Å². The minimum Gasteiger partial charge on any atom is -0.383 e. The first kappa shape index (κ1) is 17.4. The molecule has 3 nitrogen and oxygen atoms in total. The maximum absolute atomic E-state index is 10.6. The van der Waals surface area contributed by atoms with Crippen molar-refractivity contribution in [2.75, 3.05) is 0 Å². The molecule has 1 atom stereocenters. The van der Waals surface area contributed by atoms with E-state index in [1.54, 1.807) is 0 Å². The van der Waals surface area contributed by atoms with Gasteiger partial charge in [0.15, 0.2) is 0 Å². The zero-order valence-electron chi connectivity index (χ0n) is 14.9. The fourth-order valence-electron chi connectivity index (χ4n) is 3.93. The molecule has 1 unspecified atom stereocenters. The highest BCUT2D eigenvalue weighted by Gasteiger charge is 2.21. The van der Waals surface area contributed by atoms with Crippen LogP contribution in [0.1, 0.15) is 77.6 Å². The summed E-state index contributed by atoms with van der Waals surface area (Å²) in [7, 11) is 0. The molecule has 130 valence electrons. The van der Waals surface area contributed by atoms with Gasteiger partial charge < -0.3 is 5.11 Å². The number of nitrogens with zero attached hydrogens (tertiary/aromatic N) is 2. The first-order valence-corrected chi connectivity index (χ1v) is 9.72. The van der Waals surface area contributed by atoms with Crippen LogP contribution in [-0.4, -0.2) is 35.0 Å². The standard InChI is InChI=1S/C21H30N2O/c1-16-12-17(14-22-19-8-4-2-5-9-19)21(24)18(13-16)15-23-20-10-6-3-7-11-20/h12,19-21,24H,2-11,13H2,1H3. The molecule has 24 heavy (non-hydrogen) atoms. The van der Waals surface area contributed by atoms with Gasteiger partial charge in [0.1, 0.15) is 6.10 Å². The highest BCUT2D eigenvalue weighted by atomic mass is 16.3. The van der Waals surface area contributed by atoms with E-state index in [0.717, 1.165) is 43.3 Å². The molecule has 2 saturated carbocycles. The van der Waals surface area contributed by atoms with Crippen molar-refractivity contribution in [3.05, 3.63) is 22.8 Å². The summed E-state index contributed by atoms with van der Waals surface area (Å²) in [6, 6.07) is 0.783. The summed E-state index contributed by atoms with van der Waals surface area (Å²) < 4.78 is 0. The van der Waals surface area contributed by atoms with Gasteiger partial charge in [-0.05, 0) is 50.4 Å². The zero-order valence-corrected chi connectivity index (χ0v) is 14.9. The number of aliphatic hydroxyl groups excluding tert-OH is 1. The van der Waals surface area contributed by atoms with Gasteiger partial charge in [0.05, 0.1) is 12.1 Å². The molecule has 0 aliphatic heterocycles. The van der Waals surface area contributed by atoms with E-state index in [9.17, 15) is 5.11 Å². The van der Waals surface area contributed by atoms with Gasteiger partial charge in [-0.15, -0.1) is 0 Å². The second kappa shape index (κ2) is 8.62. The van der Waals surface area contributed by atoms with Crippen molar-refractivity contribution in [1.29, 1.82) is 0 Å². The fraction of sp³-hybridized carbons (Fsp3) is 0.714. The van der Waals surface area contributed by atoms with E-state index in [-0.39, 0.29) is 0 Å². The van der Waals surface area contributed by atoms with Gasteiger partial charge in [-0.25, -0.2) is 9.98 Å². The van der Waals surface area contributed by atoms with Crippen LogP contribution in [0.4, 0.5) is 0 Å². The lowest BCUT2D eigenvalue weighted by atomic mass is 9.90. The average molecular weight is 326 g/mol. The summed E-state index contributed by atoms with van der Waals surface area (Å²) in [5.74, 6) is 6.34. The van der Waals surface area contributed by atoms with Crippen molar-refractivity contribution in [2.24, 2.45) is 9.98 Å². The van der Waals surface area contributed by atoms with Crippen LogP contribution in [0.2, 0.25) is 0 Å². The number of aliphatic hydroxyl groups is 1. The quantitative estimate of drug-likeness (QED) is 0.743. The summed E-state index contributed by atoms with van der Waals surface area (Å²) in [6.07, 6.45) is 14.5. The Morgan fingerprint density at radius 1 is 0.875 bits per heavy atom. The normalized spacial score (nSPS) is 26.4. The third-order valence-corrected chi connectivity index (χ3v) is 5.41. The van der Waals surface area contributed by atoms with E-state index in [1.165, 1.54) is 44.1 Å². The maximum atomic E-state index is 10.6. The Morgan fingerprint density at radius 3 is 2.00 bits per heavy atom. The van der Waals surface area contributed by atoms with Crippen LogP contribution in [0.5, 0.6) is 0 Å². The summed E-state index contributed by atoms with van der Waals surface area (Å²) in [6.45, 7) is 2.09. The van der Waals surface area contributed by atoms with Crippen LogP contribution in [0.3, 0.4) is 0 Å². The van der Waals surface area contributed by atoms with E-state index >= 15 is 0 Å². The molecule has 1 N–H and O–H groups in total. The first-order valence-electron chi connectivity index (χ1n) is 9.72. The smallest absolute Gasteiger partial charge is 0.118 e. The molecule has 3 heteroatoms. The van der Waals surface area contributed by atoms with E-state index in [2.05, 4.69) is 28.6 Å². The summed E-state index contributed by atoms with van der Waals surface area (Å²) >= 11 is 0. The Morgan fingerprint density at radius 2 is 1.42 bits per heavy atom. The van der Waals surface area contributed by atoms with E-state index < -0.39 is 6.10 Å². The van der Waals surface area contributed by atoms with Crippen molar-refractivity contribution in [3.8, 4) is 0 Å². The molecule has 0 saturated heterocycles. The van der Waals surface area contributed by atoms with Gasteiger partial charge in [-0.2, -0.15) is 0 Å². The van der Waals surface area contributed by atoms with Crippen molar-refractivity contribution in [3.63, 3.8) is 0 Å². The lowest BCUT2D eigenvalue weighted by molar-refractivity contribution is 0.248. The third kappa shape index (κ3) is 4.80. The highest BCUT2D eigenvalue weighted by Crippen LogP contribution is 2.26. The number of hydrogen-bond acceptors (Lipinski definition) is 3. The van der Waals surface area contributed by atoms with Gasteiger partial charge in [-0.1, -0.05) is 44.1 Å². The Labute approximate surface area is 146 Å². The molecule has 0 radical (unpaired) electrons. The van der Waals surface area contributed by atoms with Crippen molar-refractivity contribution in [2.45, 2.75) is 95.7 Å². The van der Waals surface area contributed by atoms with Crippen molar-refractivity contribution in [1.82, 2.24) is 0 Å². The molecule has 0 aromatic heterocycles. The van der Waals surface area contributed by atoms with Crippen LogP contribution in [0.25, 0.3) is 0 Å². The zero-order chi connectivity index (χ0) is 16.8. The van der Waals surface area contributed by atoms with Crippen molar-refractivity contribution < 1.29 is 5.11 Å². The molecule has 3 aliphatic carbocycles. The number of aliphatic imine (C=N–C) groups is 2. The highest BCUT2D eigenvalue weighted by molar-refractivity contribution is 5.72. The van der Waals surface area contributed by atoms with Gasteiger partial charge in [-0.3, -0.25) is 0 Å². The lowest BCUT2D eigenvalue weighted by Gasteiger charge is -2.20. The van der Waals surface area contributed by atoms with Gasteiger partial charge in [0.2, 0.25) is 0 Å². The van der Waals surface area contributed by atoms with Crippen LogP contribution in [-0.2, 0) is 0 Å². The van der Waals surface area contributed by atoms with Crippen LogP contribution in [0.15, 0.2) is 32.8 Å². The predicted molar refractivity (Wildman–Crippen MR) is 100 cm³/mol. The predicted octanol–water partition coefficient (Wildman–Crippen LogP) is 4.55. The second-order valence-corrected chi connectivity index (χ2v) is 7.62. The van der Waals surface area contributed by atoms with Gasteiger partial charge >= 0.3 is 0 Å². The average Bonchev–Trinajstić information content (AvgIpc) is 2.62. The SMILES string of the molecule is CC1=CC(=C=NC2CCCCC2)C(O)C(=C=NC2CCCCC2)C1. The van der Waals surface area contributed by atoms with E-state index in [0.29, 0.717) is 12.1 Å². The molecule has 0 spiro atoms. The lowest BCUT2D eigenvalue weighted by Crippen LogP contribution is -2.19. The molecule has 0 heterocycles. The monoisotopic (exact) mass is 326 g/mol. The molecule has 0 bridgehead atoms. The Hall–Kier alpha value is -1.40. The largest absolute Gasteiger partial charge is 0.383 e. The summed E-state index contributed by atoms with van der Waals surface area (Å²) in [5.41, 5.74) is 2.88. The number of allylic oxidation sites excluding steroid dienone is 1.